The number of ketones is 1. The van der Waals surface area contributed by atoms with Gasteiger partial charge in [-0.15, -0.1) is 0 Å². The van der Waals surface area contributed by atoms with Crippen LogP contribution in [-0.2, 0) is 16.6 Å². The Morgan fingerprint density at radius 2 is 1.85 bits per heavy atom. The minimum atomic E-state index is -0.0694. The highest BCUT2D eigenvalue weighted by Gasteiger charge is 2.43. The second kappa shape index (κ2) is 5.92. The molecule has 2 aromatic rings. The Hall–Kier alpha value is -2.16. The standard InChI is InChI=1S/C24H30N2O/c1-14-9-7-8-10-16(14)20-19-15(12-24(5,6)13-18(19)27)11-17-21(20)22(26-25-17)23(2,3)4/h7-10,20H,11-13H2,1-6H3,(H,25,26). The van der Waals surface area contributed by atoms with Crippen LogP contribution in [0.2, 0.25) is 0 Å². The van der Waals surface area contributed by atoms with Gasteiger partial charge in [-0.2, -0.15) is 5.10 Å². The normalized spacial score (nSPS) is 21.9. The monoisotopic (exact) mass is 362 g/mol. The molecule has 0 spiro atoms. The zero-order valence-electron chi connectivity index (χ0n) is 17.4. The molecule has 0 aliphatic heterocycles. The van der Waals surface area contributed by atoms with Crippen LogP contribution in [0, 0.1) is 12.3 Å². The molecule has 1 aromatic heterocycles. The molecule has 0 saturated carbocycles. The van der Waals surface area contributed by atoms with Gasteiger partial charge in [0.05, 0.1) is 5.69 Å². The highest BCUT2D eigenvalue weighted by Crippen LogP contribution is 2.50. The van der Waals surface area contributed by atoms with Crippen molar-refractivity contribution in [2.45, 2.75) is 72.1 Å². The van der Waals surface area contributed by atoms with Gasteiger partial charge in [0.2, 0.25) is 0 Å². The number of hydrogen-bond donors (Lipinski definition) is 1. The minimum absolute atomic E-state index is 0.00141. The number of Topliss-reactive ketones (excluding diaryl/α,β-unsaturated/α-hetero) is 1. The molecule has 142 valence electrons. The summed E-state index contributed by atoms with van der Waals surface area (Å²) in [4.78, 5) is 13.3. The fraction of sp³-hybridized carbons (Fsp3) is 0.500. The highest BCUT2D eigenvalue weighted by atomic mass is 16.1. The molecule has 3 nitrogen and oxygen atoms in total. The largest absolute Gasteiger partial charge is 0.294 e. The smallest absolute Gasteiger partial charge is 0.160 e. The van der Waals surface area contributed by atoms with Gasteiger partial charge in [0, 0.05) is 41.0 Å². The molecule has 0 fully saturated rings. The van der Waals surface area contributed by atoms with Crippen LogP contribution in [0.15, 0.2) is 35.4 Å². The highest BCUT2D eigenvalue weighted by molar-refractivity contribution is 6.00. The minimum Gasteiger partial charge on any atom is -0.294 e. The third-order valence-corrected chi connectivity index (χ3v) is 6.07. The molecule has 0 bridgehead atoms. The topological polar surface area (TPSA) is 45.8 Å². The molecule has 0 saturated heterocycles. The van der Waals surface area contributed by atoms with Crippen molar-refractivity contribution in [2.24, 2.45) is 5.41 Å². The lowest BCUT2D eigenvalue weighted by atomic mass is 9.63. The lowest BCUT2D eigenvalue weighted by molar-refractivity contribution is -0.118. The van der Waals surface area contributed by atoms with Gasteiger partial charge in [-0.1, -0.05) is 64.5 Å². The molecule has 1 N–H and O–H groups in total. The third-order valence-electron chi connectivity index (χ3n) is 6.07. The molecule has 0 amide bonds. The van der Waals surface area contributed by atoms with E-state index in [4.69, 9.17) is 5.10 Å². The van der Waals surface area contributed by atoms with Crippen molar-refractivity contribution in [1.82, 2.24) is 10.2 Å². The van der Waals surface area contributed by atoms with Crippen molar-refractivity contribution in [1.29, 1.82) is 0 Å². The van der Waals surface area contributed by atoms with E-state index in [0.717, 1.165) is 24.1 Å². The number of rotatable bonds is 1. The van der Waals surface area contributed by atoms with Crippen LogP contribution in [-0.4, -0.2) is 16.0 Å². The SMILES string of the molecule is Cc1ccccc1C1C2=C(Cc3[nH]nc(C(C)(C)C)c31)CC(C)(C)CC2=O. The number of nitrogens with one attached hydrogen (secondary N) is 1. The second-order valence-electron chi connectivity index (χ2n) is 10.1. The summed E-state index contributed by atoms with van der Waals surface area (Å²) in [5.74, 6) is 0.322. The molecule has 1 atom stereocenters. The fourth-order valence-corrected chi connectivity index (χ4v) is 4.97. The maximum atomic E-state index is 13.3. The molecule has 1 heterocycles. The van der Waals surface area contributed by atoms with E-state index in [9.17, 15) is 4.79 Å². The summed E-state index contributed by atoms with van der Waals surface area (Å²) in [6, 6.07) is 8.50. The summed E-state index contributed by atoms with van der Waals surface area (Å²) in [7, 11) is 0. The second-order valence-corrected chi connectivity index (χ2v) is 10.1. The molecule has 4 rings (SSSR count). The number of aryl methyl sites for hydroxylation is 1. The van der Waals surface area contributed by atoms with Crippen molar-refractivity contribution >= 4 is 5.78 Å². The first kappa shape index (κ1) is 18.2. The number of benzene rings is 1. The van der Waals surface area contributed by atoms with Crippen molar-refractivity contribution in [2.75, 3.05) is 0 Å². The van der Waals surface area contributed by atoms with Crippen LogP contribution in [0.25, 0.3) is 0 Å². The average molecular weight is 363 g/mol. The maximum absolute atomic E-state index is 13.3. The number of hydrogen-bond acceptors (Lipinski definition) is 2. The molecule has 2 aliphatic carbocycles. The quantitative estimate of drug-likeness (QED) is 0.739. The Morgan fingerprint density at radius 1 is 1.15 bits per heavy atom. The van der Waals surface area contributed by atoms with Gasteiger partial charge in [-0.3, -0.25) is 9.89 Å². The number of aromatic nitrogens is 2. The molecule has 0 radical (unpaired) electrons. The first-order valence-electron chi connectivity index (χ1n) is 9.97. The number of carbonyl (C=O) groups is 1. The average Bonchev–Trinajstić information content (AvgIpc) is 2.96. The van der Waals surface area contributed by atoms with Crippen molar-refractivity contribution in [3.05, 3.63) is 63.5 Å². The first-order valence-corrected chi connectivity index (χ1v) is 9.97. The molecular formula is C24H30N2O. The van der Waals surface area contributed by atoms with E-state index in [1.807, 2.05) is 0 Å². The third kappa shape index (κ3) is 2.97. The maximum Gasteiger partial charge on any atom is 0.160 e. The van der Waals surface area contributed by atoms with Crippen LogP contribution in [0.1, 0.15) is 81.5 Å². The molecular weight excluding hydrogens is 332 g/mol. The van der Waals surface area contributed by atoms with Gasteiger partial charge in [0.1, 0.15) is 0 Å². The van der Waals surface area contributed by atoms with Crippen LogP contribution in [0.5, 0.6) is 0 Å². The Morgan fingerprint density at radius 3 is 2.52 bits per heavy atom. The van der Waals surface area contributed by atoms with Gasteiger partial charge < -0.3 is 0 Å². The van der Waals surface area contributed by atoms with Gasteiger partial charge in [-0.25, -0.2) is 0 Å². The van der Waals surface area contributed by atoms with E-state index >= 15 is 0 Å². The number of carbonyl (C=O) groups excluding carboxylic acids is 1. The van der Waals surface area contributed by atoms with E-state index in [-0.39, 0.29) is 16.7 Å². The summed E-state index contributed by atoms with van der Waals surface area (Å²) in [6.07, 6.45) is 2.44. The lowest BCUT2D eigenvalue weighted by Gasteiger charge is -2.39. The Labute approximate surface area is 162 Å². The van der Waals surface area contributed by atoms with E-state index < -0.39 is 0 Å². The fourth-order valence-electron chi connectivity index (χ4n) is 4.97. The predicted octanol–water partition coefficient (Wildman–Crippen LogP) is 5.39. The van der Waals surface area contributed by atoms with Crippen LogP contribution in [0.3, 0.4) is 0 Å². The van der Waals surface area contributed by atoms with Crippen molar-refractivity contribution < 1.29 is 4.79 Å². The van der Waals surface area contributed by atoms with Gasteiger partial charge >= 0.3 is 0 Å². The molecule has 3 heteroatoms. The van der Waals surface area contributed by atoms with Crippen LogP contribution >= 0.6 is 0 Å². The van der Waals surface area contributed by atoms with Gasteiger partial charge in [0.25, 0.3) is 0 Å². The van der Waals surface area contributed by atoms with Crippen LogP contribution in [0.4, 0.5) is 0 Å². The predicted molar refractivity (Wildman–Crippen MR) is 109 cm³/mol. The summed E-state index contributed by atoms with van der Waals surface area (Å²) in [5.41, 5.74) is 8.32. The van der Waals surface area contributed by atoms with Crippen molar-refractivity contribution in [3.63, 3.8) is 0 Å². The van der Waals surface area contributed by atoms with E-state index in [0.29, 0.717) is 12.2 Å². The molecule has 1 aromatic carbocycles. The number of aromatic amines is 1. The molecule has 27 heavy (non-hydrogen) atoms. The number of nitrogens with zero attached hydrogens (tertiary/aromatic N) is 1. The first-order chi connectivity index (χ1) is 12.6. The zero-order valence-corrected chi connectivity index (χ0v) is 17.4. The molecule has 2 aliphatic rings. The Balaban J connectivity index is 2.00. The summed E-state index contributed by atoms with van der Waals surface area (Å²) >= 11 is 0. The lowest BCUT2D eigenvalue weighted by Crippen LogP contribution is -2.33. The van der Waals surface area contributed by atoms with E-state index in [2.05, 4.69) is 70.9 Å². The number of fused-ring (bicyclic) bond motifs is 1. The van der Waals surface area contributed by atoms with E-state index in [1.54, 1.807) is 0 Å². The zero-order chi connectivity index (χ0) is 19.6. The molecule has 1 unspecified atom stereocenters. The van der Waals surface area contributed by atoms with Gasteiger partial charge in [-0.05, 0) is 29.9 Å². The summed E-state index contributed by atoms with van der Waals surface area (Å²) < 4.78 is 0. The summed E-state index contributed by atoms with van der Waals surface area (Å²) in [6.45, 7) is 13.2. The Bertz CT molecular complexity index is 953. The summed E-state index contributed by atoms with van der Waals surface area (Å²) in [5, 5.41) is 8.06. The van der Waals surface area contributed by atoms with E-state index in [1.165, 1.54) is 28.0 Å². The number of H-pyrrole nitrogens is 1. The number of allylic oxidation sites excluding steroid dienone is 2. The van der Waals surface area contributed by atoms with Crippen LogP contribution < -0.4 is 0 Å². The van der Waals surface area contributed by atoms with Crippen molar-refractivity contribution in [3.8, 4) is 0 Å². The Kier molecular flexibility index (Phi) is 3.99. The van der Waals surface area contributed by atoms with Gasteiger partial charge in [0.15, 0.2) is 5.78 Å².